The zero-order valence-corrected chi connectivity index (χ0v) is 11.6. The molecule has 0 spiro atoms. The Morgan fingerprint density at radius 3 is 2.59 bits per heavy atom. The third-order valence-electron chi connectivity index (χ3n) is 4.81. The van der Waals surface area contributed by atoms with Crippen molar-refractivity contribution in [2.24, 2.45) is 29.6 Å². The zero-order chi connectivity index (χ0) is 11.8. The van der Waals surface area contributed by atoms with Crippen LogP contribution in [-0.2, 0) is 9.53 Å². The molecule has 4 unspecified atom stereocenters. The van der Waals surface area contributed by atoms with Gasteiger partial charge in [-0.3, -0.25) is 4.79 Å². The average molecular weight is 302 g/mol. The minimum Gasteiger partial charge on any atom is -0.379 e. The van der Waals surface area contributed by atoms with Gasteiger partial charge in [0.2, 0.25) is 5.91 Å². The number of carbonyl (C=O) groups is 1. The Kier molecular flexibility index (Phi) is 3.44. The third-order valence-corrected chi connectivity index (χ3v) is 5.13. The minimum absolute atomic E-state index is 0.291. The lowest BCUT2D eigenvalue weighted by Crippen LogP contribution is -2.30. The molecule has 0 aliphatic heterocycles. The van der Waals surface area contributed by atoms with Gasteiger partial charge in [0, 0.05) is 17.8 Å². The molecule has 3 aliphatic rings. The predicted octanol–water partition coefficient (Wildman–Crippen LogP) is 1.81. The molecule has 3 saturated carbocycles. The lowest BCUT2D eigenvalue weighted by molar-refractivity contribution is -0.123. The van der Waals surface area contributed by atoms with E-state index in [9.17, 15) is 4.79 Å². The summed E-state index contributed by atoms with van der Waals surface area (Å²) in [4.78, 5) is 12.0. The maximum absolute atomic E-state index is 12.0. The largest absolute Gasteiger partial charge is 0.379 e. The summed E-state index contributed by atoms with van der Waals surface area (Å²) in [7, 11) is 0. The van der Waals surface area contributed by atoms with E-state index in [0.29, 0.717) is 31.6 Å². The summed E-state index contributed by atoms with van der Waals surface area (Å²) in [5.41, 5.74) is 0. The molecule has 3 fully saturated rings. The first-order valence-electron chi connectivity index (χ1n) is 6.74. The van der Waals surface area contributed by atoms with E-state index >= 15 is 0 Å². The molecule has 0 heterocycles. The average Bonchev–Trinajstić information content (AvgIpc) is 2.78. The van der Waals surface area contributed by atoms with Crippen LogP contribution >= 0.6 is 15.9 Å². The Balaban J connectivity index is 1.38. The second kappa shape index (κ2) is 4.88. The number of halogens is 1. The number of carbonyl (C=O) groups excluding carboxylic acids is 1. The molecule has 3 nitrogen and oxygen atoms in total. The molecule has 4 atom stereocenters. The van der Waals surface area contributed by atoms with E-state index in [-0.39, 0.29) is 0 Å². The number of hydrogen-bond donors (Lipinski definition) is 1. The second-order valence-electron chi connectivity index (χ2n) is 5.61. The van der Waals surface area contributed by atoms with Crippen molar-refractivity contribution in [2.45, 2.75) is 19.3 Å². The molecule has 4 heteroatoms. The van der Waals surface area contributed by atoms with Gasteiger partial charge in [-0.25, -0.2) is 0 Å². The Hall–Kier alpha value is -0.0900. The quantitative estimate of drug-likeness (QED) is 0.600. The molecular formula is C13H20BrNO2. The van der Waals surface area contributed by atoms with E-state index in [4.69, 9.17) is 4.74 Å². The van der Waals surface area contributed by atoms with Gasteiger partial charge >= 0.3 is 0 Å². The molecule has 3 rings (SSSR count). The van der Waals surface area contributed by atoms with Crippen LogP contribution in [0.15, 0.2) is 0 Å². The monoisotopic (exact) mass is 301 g/mol. The van der Waals surface area contributed by atoms with Gasteiger partial charge < -0.3 is 10.1 Å². The Bertz CT molecular complexity index is 294. The fraction of sp³-hybridized carbons (Fsp3) is 0.923. The number of alkyl halides is 1. The fourth-order valence-electron chi connectivity index (χ4n) is 4.20. The fourth-order valence-corrected chi connectivity index (χ4v) is 4.43. The molecule has 0 aromatic carbocycles. The van der Waals surface area contributed by atoms with Gasteiger partial charge in [-0.15, -0.1) is 0 Å². The van der Waals surface area contributed by atoms with Gasteiger partial charge in [0.1, 0.15) is 0 Å². The van der Waals surface area contributed by atoms with Crippen LogP contribution in [0.1, 0.15) is 19.3 Å². The highest BCUT2D eigenvalue weighted by Gasteiger charge is 2.67. The smallest absolute Gasteiger partial charge is 0.223 e. The number of ether oxygens (including phenoxy) is 1. The standard InChI is InChI=1S/C13H20BrNO2/c14-3-5-17-6-4-15-13(16)12-10-8-1-2-9(7-8)11(10)12/h8-12H,1-7H2,(H,15,16). The lowest BCUT2D eigenvalue weighted by atomic mass is 10.0. The second-order valence-corrected chi connectivity index (χ2v) is 6.40. The molecule has 96 valence electrons. The summed E-state index contributed by atoms with van der Waals surface area (Å²) in [6, 6.07) is 0. The van der Waals surface area contributed by atoms with Crippen molar-refractivity contribution in [1.82, 2.24) is 5.32 Å². The first-order chi connectivity index (χ1) is 8.33. The summed E-state index contributed by atoms with van der Waals surface area (Å²) in [6.45, 7) is 2.01. The number of fused-ring (bicyclic) bond motifs is 5. The summed E-state index contributed by atoms with van der Waals surface area (Å²) >= 11 is 3.30. The summed E-state index contributed by atoms with van der Waals surface area (Å²) in [6.07, 6.45) is 4.17. The molecular weight excluding hydrogens is 282 g/mol. The van der Waals surface area contributed by atoms with E-state index in [1.807, 2.05) is 0 Å². The maximum atomic E-state index is 12.0. The van der Waals surface area contributed by atoms with Crippen molar-refractivity contribution in [3.8, 4) is 0 Å². The van der Waals surface area contributed by atoms with Crippen molar-refractivity contribution in [3.05, 3.63) is 0 Å². The van der Waals surface area contributed by atoms with Crippen molar-refractivity contribution in [1.29, 1.82) is 0 Å². The van der Waals surface area contributed by atoms with Crippen LogP contribution < -0.4 is 5.32 Å². The van der Waals surface area contributed by atoms with Gasteiger partial charge in [-0.05, 0) is 42.9 Å². The van der Waals surface area contributed by atoms with Gasteiger partial charge in [-0.1, -0.05) is 15.9 Å². The van der Waals surface area contributed by atoms with E-state index in [1.165, 1.54) is 19.3 Å². The van der Waals surface area contributed by atoms with Gasteiger partial charge in [0.15, 0.2) is 0 Å². The molecule has 17 heavy (non-hydrogen) atoms. The number of hydrogen-bond acceptors (Lipinski definition) is 2. The molecule has 2 bridgehead atoms. The van der Waals surface area contributed by atoms with Gasteiger partial charge in [-0.2, -0.15) is 0 Å². The van der Waals surface area contributed by atoms with E-state index in [1.54, 1.807) is 0 Å². The van der Waals surface area contributed by atoms with E-state index < -0.39 is 0 Å². The maximum Gasteiger partial charge on any atom is 0.223 e. The predicted molar refractivity (Wildman–Crippen MR) is 68.9 cm³/mol. The molecule has 3 aliphatic carbocycles. The summed E-state index contributed by atoms with van der Waals surface area (Å²) in [5.74, 6) is 3.90. The van der Waals surface area contributed by atoms with Crippen LogP contribution in [0.25, 0.3) is 0 Å². The van der Waals surface area contributed by atoms with Crippen molar-refractivity contribution in [3.63, 3.8) is 0 Å². The van der Waals surface area contributed by atoms with Gasteiger partial charge in [0.25, 0.3) is 0 Å². The highest BCUT2D eigenvalue weighted by Crippen LogP contribution is 2.69. The molecule has 1 N–H and O–H groups in total. The Morgan fingerprint density at radius 2 is 1.94 bits per heavy atom. The van der Waals surface area contributed by atoms with Crippen LogP contribution in [-0.4, -0.2) is 31.0 Å². The Labute approximate surface area is 111 Å². The van der Waals surface area contributed by atoms with E-state index in [0.717, 1.165) is 29.0 Å². The SMILES string of the molecule is O=C(NCCOCCBr)C1C2C3CCC(C3)C12. The lowest BCUT2D eigenvalue weighted by Gasteiger charge is -2.09. The first-order valence-corrected chi connectivity index (χ1v) is 7.86. The number of nitrogens with one attached hydrogen (secondary N) is 1. The number of amides is 1. The first kappa shape index (κ1) is 12.0. The highest BCUT2D eigenvalue weighted by molar-refractivity contribution is 9.09. The van der Waals surface area contributed by atoms with Crippen LogP contribution in [0.5, 0.6) is 0 Å². The molecule has 0 radical (unpaired) electrons. The van der Waals surface area contributed by atoms with Crippen molar-refractivity contribution < 1.29 is 9.53 Å². The zero-order valence-electron chi connectivity index (χ0n) is 10.0. The van der Waals surface area contributed by atoms with Crippen molar-refractivity contribution in [2.75, 3.05) is 25.1 Å². The molecule has 0 saturated heterocycles. The van der Waals surface area contributed by atoms with Crippen LogP contribution in [0.4, 0.5) is 0 Å². The summed E-state index contributed by atoms with van der Waals surface area (Å²) < 4.78 is 5.32. The van der Waals surface area contributed by atoms with Crippen molar-refractivity contribution >= 4 is 21.8 Å². The minimum atomic E-state index is 0.291. The van der Waals surface area contributed by atoms with Crippen LogP contribution in [0.3, 0.4) is 0 Å². The van der Waals surface area contributed by atoms with Crippen LogP contribution in [0, 0.1) is 29.6 Å². The Morgan fingerprint density at radius 1 is 1.24 bits per heavy atom. The molecule has 0 aromatic heterocycles. The normalized spacial score (nSPS) is 41.4. The topological polar surface area (TPSA) is 38.3 Å². The van der Waals surface area contributed by atoms with Gasteiger partial charge in [0.05, 0.1) is 13.2 Å². The van der Waals surface area contributed by atoms with E-state index in [2.05, 4.69) is 21.2 Å². The molecule has 0 aromatic rings. The summed E-state index contributed by atoms with van der Waals surface area (Å²) in [5, 5.41) is 3.88. The van der Waals surface area contributed by atoms with Crippen LogP contribution in [0.2, 0.25) is 0 Å². The molecule has 1 amide bonds. The number of rotatable bonds is 6. The highest BCUT2D eigenvalue weighted by atomic mass is 79.9. The third kappa shape index (κ3) is 2.14.